The summed E-state index contributed by atoms with van der Waals surface area (Å²) in [5.41, 5.74) is 9.95. The SMILES string of the molecule is CC(C)c1ccc(C2CC(N)c3cc(Br)ccc3O2)cc1. The molecule has 0 fully saturated rings. The first-order chi connectivity index (χ1) is 10.0. The van der Waals surface area contributed by atoms with Crippen molar-refractivity contribution in [3.63, 3.8) is 0 Å². The van der Waals surface area contributed by atoms with Gasteiger partial charge in [0, 0.05) is 22.5 Å². The van der Waals surface area contributed by atoms with Crippen LogP contribution in [0.5, 0.6) is 5.75 Å². The third-order valence-corrected chi connectivity index (χ3v) is 4.58. The lowest BCUT2D eigenvalue weighted by Gasteiger charge is -2.31. The summed E-state index contributed by atoms with van der Waals surface area (Å²) >= 11 is 3.49. The monoisotopic (exact) mass is 345 g/mol. The number of hydrogen-bond donors (Lipinski definition) is 1. The molecule has 110 valence electrons. The Kier molecular flexibility index (Phi) is 4.05. The Morgan fingerprint density at radius 1 is 1.14 bits per heavy atom. The van der Waals surface area contributed by atoms with E-state index in [1.807, 2.05) is 12.1 Å². The lowest BCUT2D eigenvalue weighted by Crippen LogP contribution is -2.24. The third-order valence-electron chi connectivity index (χ3n) is 4.08. The van der Waals surface area contributed by atoms with Crippen LogP contribution in [0.2, 0.25) is 0 Å². The maximum atomic E-state index is 6.32. The van der Waals surface area contributed by atoms with Crippen molar-refractivity contribution in [1.29, 1.82) is 0 Å². The van der Waals surface area contributed by atoms with Gasteiger partial charge in [0.1, 0.15) is 11.9 Å². The van der Waals surface area contributed by atoms with Crippen LogP contribution in [0.4, 0.5) is 0 Å². The largest absolute Gasteiger partial charge is 0.485 e. The summed E-state index contributed by atoms with van der Waals surface area (Å²) in [5.74, 6) is 1.45. The van der Waals surface area contributed by atoms with Gasteiger partial charge in [0.25, 0.3) is 0 Å². The molecule has 3 heteroatoms. The minimum Gasteiger partial charge on any atom is -0.485 e. The fraction of sp³-hybridized carbons (Fsp3) is 0.333. The van der Waals surface area contributed by atoms with E-state index in [-0.39, 0.29) is 12.1 Å². The number of ether oxygens (including phenoxy) is 1. The summed E-state index contributed by atoms with van der Waals surface area (Å²) in [7, 11) is 0. The summed E-state index contributed by atoms with van der Waals surface area (Å²) in [6, 6.07) is 14.8. The van der Waals surface area contributed by atoms with Crippen LogP contribution in [-0.2, 0) is 0 Å². The average molecular weight is 346 g/mol. The van der Waals surface area contributed by atoms with Crippen molar-refractivity contribution < 1.29 is 4.74 Å². The molecule has 0 saturated heterocycles. The van der Waals surface area contributed by atoms with Crippen molar-refractivity contribution >= 4 is 15.9 Å². The Bertz CT molecular complexity index is 636. The molecule has 0 amide bonds. The first-order valence-corrected chi connectivity index (χ1v) is 8.15. The van der Waals surface area contributed by atoms with E-state index in [0.29, 0.717) is 5.92 Å². The van der Waals surface area contributed by atoms with Crippen LogP contribution in [0.25, 0.3) is 0 Å². The van der Waals surface area contributed by atoms with Crippen molar-refractivity contribution in [3.8, 4) is 5.75 Å². The second-order valence-corrected chi connectivity index (χ2v) is 6.87. The number of fused-ring (bicyclic) bond motifs is 1. The van der Waals surface area contributed by atoms with Crippen molar-refractivity contribution in [1.82, 2.24) is 0 Å². The Morgan fingerprint density at radius 3 is 2.52 bits per heavy atom. The highest BCUT2D eigenvalue weighted by molar-refractivity contribution is 9.10. The van der Waals surface area contributed by atoms with Gasteiger partial charge in [0.05, 0.1) is 0 Å². The van der Waals surface area contributed by atoms with Gasteiger partial charge in [0.15, 0.2) is 0 Å². The van der Waals surface area contributed by atoms with Gasteiger partial charge >= 0.3 is 0 Å². The fourth-order valence-electron chi connectivity index (χ4n) is 2.78. The standard InChI is InChI=1S/C18H20BrNO/c1-11(2)12-3-5-13(6-4-12)18-10-16(20)15-9-14(19)7-8-17(15)21-18/h3-9,11,16,18H,10,20H2,1-2H3. The zero-order valence-corrected chi connectivity index (χ0v) is 13.9. The summed E-state index contributed by atoms with van der Waals surface area (Å²) in [6.45, 7) is 4.41. The molecule has 2 atom stereocenters. The van der Waals surface area contributed by atoms with Crippen LogP contribution in [0.1, 0.15) is 55.0 Å². The van der Waals surface area contributed by atoms with Gasteiger partial charge in [-0.3, -0.25) is 0 Å². The van der Waals surface area contributed by atoms with Gasteiger partial charge in [-0.1, -0.05) is 54.0 Å². The summed E-state index contributed by atoms with van der Waals surface area (Å²) in [6.07, 6.45) is 0.847. The van der Waals surface area contributed by atoms with Crippen LogP contribution in [-0.4, -0.2) is 0 Å². The molecular weight excluding hydrogens is 326 g/mol. The van der Waals surface area contributed by atoms with Gasteiger partial charge < -0.3 is 10.5 Å². The van der Waals surface area contributed by atoms with Crippen LogP contribution in [0, 0.1) is 0 Å². The third kappa shape index (κ3) is 2.99. The molecule has 0 aliphatic carbocycles. The highest BCUT2D eigenvalue weighted by Crippen LogP contribution is 2.40. The summed E-state index contributed by atoms with van der Waals surface area (Å²) < 4.78 is 7.18. The van der Waals surface area contributed by atoms with E-state index in [1.165, 1.54) is 11.1 Å². The van der Waals surface area contributed by atoms with E-state index >= 15 is 0 Å². The molecule has 1 aliphatic rings. The van der Waals surface area contributed by atoms with E-state index in [9.17, 15) is 0 Å². The van der Waals surface area contributed by atoms with Crippen LogP contribution < -0.4 is 10.5 Å². The highest BCUT2D eigenvalue weighted by Gasteiger charge is 2.27. The number of nitrogens with two attached hydrogens (primary N) is 1. The van der Waals surface area contributed by atoms with E-state index in [0.717, 1.165) is 22.2 Å². The lowest BCUT2D eigenvalue weighted by atomic mass is 9.92. The molecule has 0 saturated carbocycles. The molecule has 21 heavy (non-hydrogen) atoms. The van der Waals surface area contributed by atoms with Gasteiger partial charge in [-0.05, 0) is 35.2 Å². The Morgan fingerprint density at radius 2 is 1.86 bits per heavy atom. The van der Waals surface area contributed by atoms with Crippen LogP contribution in [0.3, 0.4) is 0 Å². The zero-order chi connectivity index (χ0) is 15.0. The Balaban J connectivity index is 1.86. The number of halogens is 1. The van der Waals surface area contributed by atoms with Crippen molar-refractivity contribution in [2.75, 3.05) is 0 Å². The smallest absolute Gasteiger partial charge is 0.126 e. The van der Waals surface area contributed by atoms with Gasteiger partial charge in [-0.2, -0.15) is 0 Å². The zero-order valence-electron chi connectivity index (χ0n) is 12.3. The molecule has 2 aromatic rings. The number of benzene rings is 2. The van der Waals surface area contributed by atoms with Crippen molar-refractivity contribution in [2.45, 2.75) is 38.3 Å². The molecule has 0 radical (unpaired) electrons. The maximum Gasteiger partial charge on any atom is 0.126 e. The lowest BCUT2D eigenvalue weighted by molar-refractivity contribution is 0.161. The first-order valence-electron chi connectivity index (χ1n) is 7.36. The molecule has 2 unspecified atom stereocenters. The van der Waals surface area contributed by atoms with E-state index in [4.69, 9.17) is 10.5 Å². The molecule has 0 aromatic heterocycles. The summed E-state index contributed by atoms with van der Waals surface area (Å²) in [4.78, 5) is 0. The van der Waals surface area contributed by atoms with Crippen molar-refractivity contribution in [2.24, 2.45) is 5.73 Å². The molecule has 0 spiro atoms. The van der Waals surface area contributed by atoms with E-state index in [1.54, 1.807) is 0 Å². The molecule has 1 heterocycles. The maximum absolute atomic E-state index is 6.32. The Hall–Kier alpha value is -1.32. The van der Waals surface area contributed by atoms with Crippen LogP contribution in [0.15, 0.2) is 46.9 Å². The molecule has 2 N–H and O–H groups in total. The van der Waals surface area contributed by atoms with E-state index < -0.39 is 0 Å². The van der Waals surface area contributed by atoms with E-state index in [2.05, 4.69) is 60.1 Å². The number of rotatable bonds is 2. The van der Waals surface area contributed by atoms with Crippen molar-refractivity contribution in [3.05, 3.63) is 63.6 Å². The predicted molar refractivity (Wildman–Crippen MR) is 89.6 cm³/mol. The predicted octanol–water partition coefficient (Wildman–Crippen LogP) is 5.10. The van der Waals surface area contributed by atoms with Gasteiger partial charge in [0.2, 0.25) is 0 Å². The molecule has 2 nitrogen and oxygen atoms in total. The molecule has 3 rings (SSSR count). The van der Waals surface area contributed by atoms with Gasteiger partial charge in [-0.25, -0.2) is 0 Å². The second kappa shape index (κ2) is 5.82. The van der Waals surface area contributed by atoms with Crippen LogP contribution >= 0.6 is 15.9 Å². The Labute approximate surface area is 134 Å². The van der Waals surface area contributed by atoms with Gasteiger partial charge in [-0.15, -0.1) is 0 Å². The highest BCUT2D eigenvalue weighted by atomic mass is 79.9. The molecule has 2 aromatic carbocycles. The summed E-state index contributed by atoms with van der Waals surface area (Å²) in [5, 5.41) is 0. The second-order valence-electron chi connectivity index (χ2n) is 5.95. The quantitative estimate of drug-likeness (QED) is 0.821. The minimum absolute atomic E-state index is 0.0148. The minimum atomic E-state index is 0.0148. The molecule has 0 bridgehead atoms. The molecule has 1 aliphatic heterocycles. The average Bonchev–Trinajstić information content (AvgIpc) is 2.48. The first kappa shape index (κ1) is 14.6. The fourth-order valence-corrected chi connectivity index (χ4v) is 3.15. The topological polar surface area (TPSA) is 35.2 Å². The molecular formula is C18H20BrNO. The number of hydrogen-bond acceptors (Lipinski definition) is 2. The normalized spacial score (nSPS) is 21.0.